The summed E-state index contributed by atoms with van der Waals surface area (Å²) in [6.07, 6.45) is 0.477. The van der Waals surface area contributed by atoms with Crippen molar-refractivity contribution in [3.05, 3.63) is 15.8 Å². The Morgan fingerprint density at radius 2 is 1.83 bits per heavy atom. The van der Waals surface area contributed by atoms with Gasteiger partial charge in [0.15, 0.2) is 0 Å². The van der Waals surface area contributed by atoms with Gasteiger partial charge in [-0.2, -0.15) is 4.98 Å². The maximum absolute atomic E-state index is 11.6. The van der Waals surface area contributed by atoms with Crippen LogP contribution in [0.2, 0.25) is 0 Å². The van der Waals surface area contributed by atoms with Crippen molar-refractivity contribution in [2.45, 2.75) is 13.3 Å². The third kappa shape index (κ3) is 3.55. The van der Waals surface area contributed by atoms with Gasteiger partial charge in [-0.3, -0.25) is 10.1 Å². The monoisotopic (exact) mass is 354 g/mol. The average molecular weight is 354 g/mol. The second-order valence-electron chi connectivity index (χ2n) is 5.83. The summed E-state index contributed by atoms with van der Waals surface area (Å²) in [7, 11) is 0. The van der Waals surface area contributed by atoms with E-state index in [9.17, 15) is 14.7 Å². The highest BCUT2D eigenvalue weighted by atomic mass is 32.2. The molecule has 0 aromatic carbocycles. The lowest BCUT2D eigenvalue weighted by Gasteiger charge is -2.31. The smallest absolute Gasteiger partial charge is 0.332 e. The highest BCUT2D eigenvalue weighted by Gasteiger charge is 2.32. The number of hydrogen-bond acceptors (Lipinski definition) is 8. The summed E-state index contributed by atoms with van der Waals surface area (Å²) in [6.45, 7) is 6.17. The van der Waals surface area contributed by atoms with E-state index >= 15 is 0 Å². The van der Waals surface area contributed by atoms with Crippen LogP contribution in [0.15, 0.2) is 0 Å². The average Bonchev–Trinajstić information content (AvgIpc) is 2.61. The van der Waals surface area contributed by atoms with Gasteiger partial charge in [-0.15, -0.1) is 0 Å². The Hall–Kier alpha value is -1.65. The highest BCUT2D eigenvalue weighted by molar-refractivity contribution is 7.91. The molecule has 24 heavy (non-hydrogen) atoms. The molecule has 0 unspecified atom stereocenters. The first-order valence-electron chi connectivity index (χ1n) is 8.21. The second kappa shape index (κ2) is 7.49. The third-order valence-electron chi connectivity index (χ3n) is 4.32. The van der Waals surface area contributed by atoms with Gasteiger partial charge in [0.25, 0.3) is 0 Å². The van der Waals surface area contributed by atoms with Crippen molar-refractivity contribution in [2.24, 2.45) is 0 Å². The first-order chi connectivity index (χ1) is 11.6. The van der Waals surface area contributed by atoms with Crippen LogP contribution < -0.4 is 15.1 Å². The summed E-state index contributed by atoms with van der Waals surface area (Å²) in [5, 5.41) is 14.9. The van der Waals surface area contributed by atoms with E-state index in [-0.39, 0.29) is 10.6 Å². The molecule has 1 aromatic rings. The zero-order chi connectivity index (χ0) is 17.1. The molecule has 0 bridgehead atoms. The molecule has 0 amide bonds. The predicted octanol–water partition coefficient (Wildman–Crippen LogP) is -0.0745. The van der Waals surface area contributed by atoms with Crippen LogP contribution >= 0.6 is 0 Å². The van der Waals surface area contributed by atoms with Gasteiger partial charge in [-0.25, -0.2) is 4.98 Å². The molecule has 132 valence electrons. The molecule has 2 aliphatic heterocycles. The second-order valence-corrected chi connectivity index (χ2v) is 7.52. The van der Waals surface area contributed by atoms with Gasteiger partial charge < -0.3 is 19.7 Å². The van der Waals surface area contributed by atoms with Crippen LogP contribution in [0.25, 0.3) is 0 Å². The minimum absolute atomic E-state index is 0.0101. The van der Waals surface area contributed by atoms with Crippen LogP contribution in [0.3, 0.4) is 0 Å². The summed E-state index contributed by atoms with van der Waals surface area (Å²) in [6, 6.07) is 0. The predicted molar refractivity (Wildman–Crippen MR) is 93.2 cm³/mol. The maximum Gasteiger partial charge on any atom is 0.332 e. The van der Waals surface area contributed by atoms with E-state index in [1.165, 1.54) is 0 Å². The maximum atomic E-state index is 11.6. The molecular weight excluding hydrogens is 332 g/mol. The first-order valence-corrected chi connectivity index (χ1v) is 9.70. The van der Waals surface area contributed by atoms with Gasteiger partial charge in [0.2, 0.25) is 11.8 Å². The number of rotatable bonds is 4. The fraction of sp³-hybridized carbons (Fsp3) is 0.714. The SMILES string of the molecule is CCc1nc(N2CCNCC2)nc(N2CC[S+]([O-])CC2)c1[N+](=O)[O-]. The quantitative estimate of drug-likeness (QED) is 0.454. The fourth-order valence-corrected chi connectivity index (χ4v) is 4.04. The van der Waals surface area contributed by atoms with Crippen molar-refractivity contribution in [1.29, 1.82) is 0 Å². The summed E-state index contributed by atoms with van der Waals surface area (Å²) in [5.41, 5.74) is 0.453. The topological polar surface area (TPSA) is 110 Å². The molecule has 0 spiro atoms. The zero-order valence-corrected chi connectivity index (χ0v) is 14.5. The lowest BCUT2D eigenvalue weighted by molar-refractivity contribution is -0.385. The van der Waals surface area contributed by atoms with Gasteiger partial charge in [0.05, 0.1) is 18.0 Å². The normalized spacial score (nSPS) is 19.6. The van der Waals surface area contributed by atoms with E-state index < -0.39 is 11.2 Å². The molecule has 2 saturated heterocycles. The number of hydrogen-bond donors (Lipinski definition) is 1. The minimum atomic E-state index is -0.842. The van der Waals surface area contributed by atoms with Gasteiger partial charge in [-0.05, 0) is 6.42 Å². The van der Waals surface area contributed by atoms with Crippen LogP contribution in [0.5, 0.6) is 0 Å². The Kier molecular flexibility index (Phi) is 5.36. The molecular formula is C14H22N6O3S. The Bertz CT molecular complexity index is 602. The number of nitrogens with one attached hydrogen (secondary N) is 1. The largest absolute Gasteiger partial charge is 0.616 e. The Balaban J connectivity index is 2.00. The number of aromatic nitrogens is 2. The Morgan fingerprint density at radius 3 is 2.42 bits per heavy atom. The van der Waals surface area contributed by atoms with Crippen molar-refractivity contribution >= 4 is 28.6 Å². The fourth-order valence-electron chi connectivity index (χ4n) is 2.99. The summed E-state index contributed by atoms with van der Waals surface area (Å²) >= 11 is -0.842. The van der Waals surface area contributed by atoms with Gasteiger partial charge in [0, 0.05) is 26.2 Å². The number of nitrogens with zero attached hydrogens (tertiary/aromatic N) is 5. The standard InChI is InChI=1S/C14H22N6O3S/c1-2-11-12(20(21)22)13(18-7-9-24(23)10-8-18)17-14(16-11)19-5-3-15-4-6-19/h15H,2-10H2,1H3. The molecule has 3 rings (SSSR count). The molecule has 0 radical (unpaired) electrons. The van der Waals surface area contributed by atoms with Gasteiger partial charge in [-0.1, -0.05) is 18.1 Å². The third-order valence-corrected chi connectivity index (χ3v) is 5.60. The Morgan fingerprint density at radius 1 is 1.17 bits per heavy atom. The molecule has 10 heteroatoms. The molecule has 1 N–H and O–H groups in total. The minimum Gasteiger partial charge on any atom is -0.616 e. The summed E-state index contributed by atoms with van der Waals surface area (Å²) in [5.74, 6) is 1.97. The van der Waals surface area contributed by atoms with Gasteiger partial charge in [0.1, 0.15) is 17.2 Å². The van der Waals surface area contributed by atoms with Crippen molar-refractivity contribution < 1.29 is 9.48 Å². The number of piperazine rings is 1. The first kappa shape index (κ1) is 17.2. The number of anilines is 2. The van der Waals surface area contributed by atoms with Crippen molar-refractivity contribution in [2.75, 3.05) is 60.6 Å². The van der Waals surface area contributed by atoms with E-state index in [1.807, 2.05) is 11.8 Å². The molecule has 0 aliphatic carbocycles. The lowest BCUT2D eigenvalue weighted by Crippen LogP contribution is -2.45. The molecule has 2 fully saturated rings. The van der Waals surface area contributed by atoms with E-state index in [4.69, 9.17) is 0 Å². The van der Waals surface area contributed by atoms with Crippen LogP contribution in [-0.4, -0.2) is 70.2 Å². The molecule has 0 atom stereocenters. The van der Waals surface area contributed by atoms with E-state index in [0.29, 0.717) is 48.5 Å². The zero-order valence-electron chi connectivity index (χ0n) is 13.7. The van der Waals surface area contributed by atoms with E-state index in [1.54, 1.807) is 0 Å². The molecule has 1 aromatic heterocycles. The molecule has 0 saturated carbocycles. The van der Waals surface area contributed by atoms with Crippen LogP contribution in [0.4, 0.5) is 17.5 Å². The van der Waals surface area contributed by atoms with Crippen LogP contribution in [0, 0.1) is 10.1 Å². The van der Waals surface area contributed by atoms with Crippen LogP contribution in [-0.2, 0) is 17.6 Å². The highest BCUT2D eigenvalue weighted by Crippen LogP contribution is 2.32. The van der Waals surface area contributed by atoms with E-state index in [0.717, 1.165) is 26.2 Å². The molecule has 2 aliphatic rings. The van der Waals surface area contributed by atoms with Gasteiger partial charge >= 0.3 is 5.69 Å². The number of aryl methyl sites for hydroxylation is 1. The summed E-state index contributed by atoms with van der Waals surface area (Å²) in [4.78, 5) is 24.2. The lowest BCUT2D eigenvalue weighted by atomic mass is 10.2. The van der Waals surface area contributed by atoms with E-state index in [2.05, 4.69) is 20.2 Å². The molecule has 9 nitrogen and oxygen atoms in total. The number of nitro groups is 1. The summed E-state index contributed by atoms with van der Waals surface area (Å²) < 4.78 is 11.6. The van der Waals surface area contributed by atoms with Crippen molar-refractivity contribution in [1.82, 2.24) is 15.3 Å². The van der Waals surface area contributed by atoms with Crippen molar-refractivity contribution in [3.8, 4) is 0 Å². The van der Waals surface area contributed by atoms with Crippen LogP contribution in [0.1, 0.15) is 12.6 Å². The van der Waals surface area contributed by atoms with Crippen molar-refractivity contribution in [3.63, 3.8) is 0 Å². The Labute approximate surface area is 143 Å². The molecule has 3 heterocycles.